The normalized spacial score (nSPS) is 18.4. The van der Waals surface area contributed by atoms with Gasteiger partial charge in [-0.1, -0.05) is 28.4 Å². The van der Waals surface area contributed by atoms with E-state index in [9.17, 15) is 8.42 Å². The van der Waals surface area contributed by atoms with Crippen LogP contribution < -0.4 is 4.90 Å². The van der Waals surface area contributed by atoms with Crippen LogP contribution in [0.4, 0.5) is 5.82 Å². The molecule has 1 aromatic heterocycles. The lowest BCUT2D eigenvalue weighted by Crippen LogP contribution is -2.35. The topological polar surface area (TPSA) is 53.5 Å². The Balaban J connectivity index is 1.53. The number of hydrogen-bond acceptors (Lipinski definition) is 4. The minimum absolute atomic E-state index is 0.289. The number of sulfonamides is 1. The van der Waals surface area contributed by atoms with Gasteiger partial charge in [0.2, 0.25) is 10.0 Å². The lowest BCUT2D eigenvalue weighted by atomic mass is 10.1. The van der Waals surface area contributed by atoms with Gasteiger partial charge in [-0.2, -0.15) is 4.31 Å². The lowest BCUT2D eigenvalue weighted by Gasteiger charge is -2.26. The molecule has 0 unspecified atom stereocenters. The molecule has 2 aliphatic rings. The lowest BCUT2D eigenvalue weighted by molar-refractivity contribution is 0.346. The smallest absolute Gasteiger partial charge is 0.244 e. The van der Waals surface area contributed by atoms with E-state index in [1.807, 2.05) is 12.1 Å². The van der Waals surface area contributed by atoms with Crippen molar-refractivity contribution in [3.8, 4) is 0 Å². The van der Waals surface area contributed by atoms with Crippen molar-refractivity contribution in [3.05, 3.63) is 52.1 Å². The molecule has 0 N–H and O–H groups in total. The number of piperidine rings is 1. The highest BCUT2D eigenvalue weighted by Crippen LogP contribution is 2.30. The van der Waals surface area contributed by atoms with E-state index in [1.165, 1.54) is 17.3 Å². The second-order valence-corrected chi connectivity index (χ2v) is 9.44. The van der Waals surface area contributed by atoms with Crippen molar-refractivity contribution in [1.82, 2.24) is 9.29 Å². The third-order valence-corrected chi connectivity index (χ3v) is 7.26. The Morgan fingerprint density at radius 2 is 1.72 bits per heavy atom. The number of rotatable bonds is 3. The van der Waals surface area contributed by atoms with Crippen LogP contribution in [0, 0.1) is 0 Å². The Hall–Kier alpha value is -1.44. The fraction of sp³-hybridized carbons (Fsp3) is 0.389. The highest BCUT2D eigenvalue weighted by atomic mass is 79.9. The maximum Gasteiger partial charge on any atom is 0.244 e. The summed E-state index contributed by atoms with van der Waals surface area (Å²) in [7, 11) is -3.42. The number of aromatic nitrogens is 1. The Kier molecular flexibility index (Phi) is 4.56. The molecule has 3 heterocycles. The monoisotopic (exact) mass is 421 g/mol. The third kappa shape index (κ3) is 3.32. The first-order valence-electron chi connectivity index (χ1n) is 8.52. The van der Waals surface area contributed by atoms with Gasteiger partial charge in [-0.3, -0.25) is 0 Å². The number of benzene rings is 1. The summed E-state index contributed by atoms with van der Waals surface area (Å²) >= 11 is 3.50. The van der Waals surface area contributed by atoms with Gasteiger partial charge in [0.25, 0.3) is 0 Å². The van der Waals surface area contributed by atoms with Crippen LogP contribution in [-0.2, 0) is 23.1 Å². The van der Waals surface area contributed by atoms with Crippen molar-refractivity contribution >= 4 is 31.8 Å². The minimum atomic E-state index is -3.42. The molecule has 0 spiro atoms. The summed E-state index contributed by atoms with van der Waals surface area (Å²) in [6.45, 7) is 2.81. The molecule has 7 heteroatoms. The van der Waals surface area contributed by atoms with Crippen LogP contribution in [0.3, 0.4) is 0 Å². The highest BCUT2D eigenvalue weighted by molar-refractivity contribution is 9.10. The van der Waals surface area contributed by atoms with Crippen LogP contribution in [0.15, 0.2) is 45.9 Å². The summed E-state index contributed by atoms with van der Waals surface area (Å²) in [6.07, 6.45) is 4.48. The summed E-state index contributed by atoms with van der Waals surface area (Å²) in [5, 5.41) is 0. The van der Waals surface area contributed by atoms with Crippen molar-refractivity contribution in [1.29, 1.82) is 0 Å². The first-order chi connectivity index (χ1) is 12.0. The highest BCUT2D eigenvalue weighted by Gasteiger charge is 2.27. The first-order valence-corrected chi connectivity index (χ1v) is 10.8. The molecule has 1 fully saturated rings. The van der Waals surface area contributed by atoms with E-state index in [-0.39, 0.29) is 4.90 Å². The quantitative estimate of drug-likeness (QED) is 0.760. The van der Waals surface area contributed by atoms with Crippen LogP contribution in [0.25, 0.3) is 0 Å². The third-order valence-electron chi connectivity index (χ3n) is 4.89. The Morgan fingerprint density at radius 3 is 2.44 bits per heavy atom. The van der Waals surface area contributed by atoms with Gasteiger partial charge >= 0.3 is 0 Å². The first kappa shape index (κ1) is 17.0. The number of fused-ring (bicyclic) bond motifs is 1. The molecule has 0 saturated carbocycles. The number of nitrogens with zero attached hydrogens (tertiary/aromatic N) is 3. The fourth-order valence-corrected chi connectivity index (χ4v) is 5.36. The van der Waals surface area contributed by atoms with Crippen molar-refractivity contribution in [2.45, 2.75) is 37.2 Å². The summed E-state index contributed by atoms with van der Waals surface area (Å²) in [4.78, 5) is 6.89. The van der Waals surface area contributed by atoms with E-state index < -0.39 is 10.0 Å². The largest absolute Gasteiger partial charge is 0.348 e. The molecule has 25 heavy (non-hydrogen) atoms. The second kappa shape index (κ2) is 6.70. The average molecular weight is 422 g/mol. The van der Waals surface area contributed by atoms with Gasteiger partial charge in [-0.25, -0.2) is 13.4 Å². The van der Waals surface area contributed by atoms with Crippen molar-refractivity contribution < 1.29 is 8.42 Å². The van der Waals surface area contributed by atoms with Crippen molar-refractivity contribution in [2.24, 2.45) is 0 Å². The molecule has 4 rings (SSSR count). The van der Waals surface area contributed by atoms with Crippen molar-refractivity contribution in [3.63, 3.8) is 0 Å². The zero-order chi connectivity index (χ0) is 17.4. The number of pyridine rings is 1. The Bertz CT molecular complexity index is 878. The van der Waals surface area contributed by atoms with E-state index in [2.05, 4.69) is 37.9 Å². The second-order valence-electron chi connectivity index (χ2n) is 6.59. The molecule has 2 aliphatic heterocycles. The van der Waals surface area contributed by atoms with E-state index in [1.54, 1.807) is 10.4 Å². The molecule has 0 atom stereocenters. The maximum absolute atomic E-state index is 12.7. The fourth-order valence-electron chi connectivity index (χ4n) is 3.49. The zero-order valence-electron chi connectivity index (χ0n) is 13.9. The van der Waals surface area contributed by atoms with Crippen LogP contribution in [0.1, 0.15) is 30.4 Å². The molecule has 132 valence electrons. The van der Waals surface area contributed by atoms with Gasteiger partial charge in [0.1, 0.15) is 10.7 Å². The molecular weight excluding hydrogens is 402 g/mol. The van der Waals surface area contributed by atoms with Crippen LogP contribution >= 0.6 is 15.9 Å². The van der Waals surface area contributed by atoms with Crippen LogP contribution in [0.5, 0.6) is 0 Å². The van der Waals surface area contributed by atoms with Gasteiger partial charge in [0.15, 0.2) is 0 Å². The van der Waals surface area contributed by atoms with E-state index in [0.29, 0.717) is 13.1 Å². The molecule has 1 saturated heterocycles. The van der Waals surface area contributed by atoms with E-state index in [0.717, 1.165) is 42.6 Å². The van der Waals surface area contributed by atoms with Gasteiger partial charge < -0.3 is 4.90 Å². The number of anilines is 1. The van der Waals surface area contributed by atoms with Gasteiger partial charge in [-0.05, 0) is 48.2 Å². The summed E-state index contributed by atoms with van der Waals surface area (Å²) in [5.41, 5.74) is 2.57. The Morgan fingerprint density at radius 1 is 0.960 bits per heavy atom. The molecular formula is C18H20BrN3O2S. The van der Waals surface area contributed by atoms with Crippen LogP contribution in [-0.4, -0.2) is 30.8 Å². The summed E-state index contributed by atoms with van der Waals surface area (Å²) < 4.78 is 28.1. The predicted molar refractivity (Wildman–Crippen MR) is 101 cm³/mol. The summed E-state index contributed by atoms with van der Waals surface area (Å²) in [5.74, 6) is 0.810. The standard InChI is InChI=1S/C18H20BrN3O2S/c19-16-5-4-14-12-21(13-15(14)10-16)18-7-6-17(11-20-18)25(23,24)22-8-2-1-3-9-22/h4-7,10-11H,1-3,8-9,12-13H2. The van der Waals surface area contributed by atoms with Gasteiger partial charge in [0, 0.05) is 36.8 Å². The predicted octanol–water partition coefficient (Wildman–Crippen LogP) is 3.54. The number of hydrogen-bond donors (Lipinski definition) is 0. The van der Waals surface area contributed by atoms with Gasteiger partial charge in [0.05, 0.1) is 0 Å². The number of halogens is 1. The molecule has 0 bridgehead atoms. The van der Waals surface area contributed by atoms with Gasteiger partial charge in [-0.15, -0.1) is 0 Å². The molecule has 5 nitrogen and oxygen atoms in total. The molecule has 0 amide bonds. The SMILES string of the molecule is O=S(=O)(c1ccc(N2Cc3ccc(Br)cc3C2)nc1)N1CCCCC1. The van der Waals surface area contributed by atoms with E-state index in [4.69, 9.17) is 0 Å². The van der Waals surface area contributed by atoms with Crippen LogP contribution in [0.2, 0.25) is 0 Å². The molecule has 0 radical (unpaired) electrons. The Labute approximate surface area is 156 Å². The average Bonchev–Trinajstić information content (AvgIpc) is 3.06. The maximum atomic E-state index is 12.7. The molecule has 0 aliphatic carbocycles. The summed E-state index contributed by atoms with van der Waals surface area (Å²) in [6, 6.07) is 9.80. The molecule has 1 aromatic carbocycles. The van der Waals surface area contributed by atoms with Crippen molar-refractivity contribution in [2.75, 3.05) is 18.0 Å². The molecule has 2 aromatic rings. The minimum Gasteiger partial charge on any atom is -0.348 e. The zero-order valence-corrected chi connectivity index (χ0v) is 16.3. The van der Waals surface area contributed by atoms with E-state index >= 15 is 0 Å².